The quantitative estimate of drug-likeness (QED) is 0.334. The first-order valence-electron chi connectivity index (χ1n) is 10.4. The van der Waals surface area contributed by atoms with E-state index in [-0.39, 0.29) is 5.91 Å². The molecule has 3 fully saturated rings. The summed E-state index contributed by atoms with van der Waals surface area (Å²) >= 11 is 1.99. The van der Waals surface area contributed by atoms with Crippen LogP contribution in [-0.2, 0) is 14.3 Å². The number of thioether (sulfide) groups is 1. The molecule has 5 nitrogen and oxygen atoms in total. The first-order chi connectivity index (χ1) is 12.6. The number of unbranched alkanes of at least 4 members (excludes halogenated alkanes) is 1. The molecule has 6 heteroatoms. The van der Waals surface area contributed by atoms with Crippen LogP contribution in [-0.4, -0.2) is 60.2 Å². The molecule has 4 atom stereocenters. The van der Waals surface area contributed by atoms with E-state index in [1.165, 1.54) is 45.6 Å². The largest absolute Gasteiger partial charge is 0.381 e. The maximum atomic E-state index is 11.3. The molecule has 0 aromatic carbocycles. The van der Waals surface area contributed by atoms with Gasteiger partial charge in [-0.2, -0.15) is 11.8 Å². The zero-order valence-corrected chi connectivity index (χ0v) is 16.9. The molecular weight excluding hydrogens is 350 g/mol. The minimum absolute atomic E-state index is 0.198. The summed E-state index contributed by atoms with van der Waals surface area (Å²) in [4.78, 5) is 11.3. The van der Waals surface area contributed by atoms with Gasteiger partial charge in [-0.25, -0.2) is 5.06 Å². The fourth-order valence-electron chi connectivity index (χ4n) is 4.74. The van der Waals surface area contributed by atoms with Crippen LogP contribution in [0.4, 0.5) is 0 Å². The number of rotatable bonds is 11. The Hall–Kier alpha value is -0.300. The lowest BCUT2D eigenvalue weighted by molar-refractivity contribution is -0.159. The van der Waals surface area contributed by atoms with E-state index in [0.29, 0.717) is 35.5 Å². The molecule has 2 aliphatic heterocycles. The molecule has 26 heavy (non-hydrogen) atoms. The van der Waals surface area contributed by atoms with E-state index >= 15 is 0 Å². The number of carbonyl (C=O) groups excluding carboxylic acids is 1. The molecule has 3 aliphatic rings. The van der Waals surface area contributed by atoms with E-state index < -0.39 is 0 Å². The number of carbonyl (C=O) groups is 1. The molecule has 1 amide bonds. The first-order valence-corrected chi connectivity index (χ1v) is 11.6. The summed E-state index contributed by atoms with van der Waals surface area (Å²) in [5.74, 6) is 4.03. The average molecular weight is 386 g/mol. The number of amides is 1. The van der Waals surface area contributed by atoms with Crippen molar-refractivity contribution in [2.45, 2.75) is 70.0 Å². The number of hydroxylamine groups is 2. The van der Waals surface area contributed by atoms with Crippen molar-refractivity contribution in [3.8, 4) is 0 Å². The molecule has 0 radical (unpaired) electrons. The summed E-state index contributed by atoms with van der Waals surface area (Å²) < 4.78 is 12.3. The van der Waals surface area contributed by atoms with Crippen LogP contribution in [0.1, 0.15) is 57.8 Å². The van der Waals surface area contributed by atoms with Crippen molar-refractivity contribution >= 4 is 17.7 Å². The van der Waals surface area contributed by atoms with Crippen molar-refractivity contribution < 1.29 is 19.5 Å². The molecule has 150 valence electrons. The second-order valence-corrected chi connectivity index (χ2v) is 9.41. The van der Waals surface area contributed by atoms with Gasteiger partial charge in [-0.1, -0.05) is 12.8 Å². The van der Waals surface area contributed by atoms with Gasteiger partial charge in [-0.3, -0.25) is 10.0 Å². The van der Waals surface area contributed by atoms with Crippen molar-refractivity contribution in [3.05, 3.63) is 0 Å². The third-order valence-corrected chi connectivity index (χ3v) is 7.53. The molecular formula is C20H35NO4S. The first kappa shape index (κ1) is 20.4. The van der Waals surface area contributed by atoms with Gasteiger partial charge in [0.15, 0.2) is 0 Å². The van der Waals surface area contributed by atoms with Crippen LogP contribution in [0.25, 0.3) is 0 Å². The number of hydrogen-bond acceptors (Lipinski definition) is 5. The predicted octanol–water partition coefficient (Wildman–Crippen LogP) is 3.74. The normalized spacial score (nSPS) is 31.0. The van der Waals surface area contributed by atoms with Crippen LogP contribution < -0.4 is 0 Å². The van der Waals surface area contributed by atoms with Crippen LogP contribution in [0.15, 0.2) is 0 Å². The maximum Gasteiger partial charge on any atom is 0.245 e. The van der Waals surface area contributed by atoms with Crippen molar-refractivity contribution in [1.29, 1.82) is 0 Å². The Bertz CT molecular complexity index is 442. The topological polar surface area (TPSA) is 59.0 Å². The van der Waals surface area contributed by atoms with Crippen molar-refractivity contribution in [2.75, 3.05) is 31.8 Å². The Balaban J connectivity index is 1.31. The molecule has 0 aromatic rings. The summed E-state index contributed by atoms with van der Waals surface area (Å²) in [7, 11) is 1.39. The molecule has 2 heterocycles. The molecule has 0 spiro atoms. The van der Waals surface area contributed by atoms with Crippen LogP contribution in [0.5, 0.6) is 0 Å². The highest BCUT2D eigenvalue weighted by Crippen LogP contribution is 2.45. The van der Waals surface area contributed by atoms with E-state index in [9.17, 15) is 4.79 Å². The van der Waals surface area contributed by atoms with E-state index in [4.69, 9.17) is 14.7 Å². The molecule has 3 rings (SSSR count). The van der Waals surface area contributed by atoms with Gasteiger partial charge < -0.3 is 9.47 Å². The molecule has 2 saturated heterocycles. The van der Waals surface area contributed by atoms with E-state index in [2.05, 4.69) is 0 Å². The monoisotopic (exact) mass is 385 g/mol. The van der Waals surface area contributed by atoms with Crippen molar-refractivity contribution in [2.24, 2.45) is 17.8 Å². The average Bonchev–Trinajstić information content (AvgIpc) is 3.36. The third-order valence-electron chi connectivity index (χ3n) is 6.33. The Labute approximate surface area is 162 Å². The highest BCUT2D eigenvalue weighted by Gasteiger charge is 2.48. The van der Waals surface area contributed by atoms with Crippen molar-refractivity contribution in [3.63, 3.8) is 0 Å². The lowest BCUT2D eigenvalue weighted by Crippen LogP contribution is -2.33. The zero-order valence-electron chi connectivity index (χ0n) is 16.1. The van der Waals surface area contributed by atoms with Crippen LogP contribution >= 0.6 is 11.8 Å². The summed E-state index contributed by atoms with van der Waals surface area (Å²) in [6.45, 7) is 1.82. The Kier molecular flexibility index (Phi) is 8.10. The van der Waals surface area contributed by atoms with Gasteiger partial charge in [0.05, 0.1) is 18.8 Å². The van der Waals surface area contributed by atoms with Gasteiger partial charge in [-0.15, -0.1) is 0 Å². The van der Waals surface area contributed by atoms with Crippen LogP contribution in [0, 0.1) is 17.8 Å². The number of nitrogens with zero attached hydrogens (tertiary/aromatic N) is 1. The fourth-order valence-corrected chi connectivity index (χ4v) is 6.05. The number of ether oxygens (including phenoxy) is 2. The SMILES string of the molecule is CN(O)C(=O)CCCCSCC1C2CCC(O2)C1COCC1CCCC1. The fraction of sp³-hybridized carbons (Fsp3) is 0.950. The molecule has 2 bridgehead atoms. The molecule has 1 aliphatic carbocycles. The second-order valence-electron chi connectivity index (χ2n) is 8.26. The summed E-state index contributed by atoms with van der Waals surface area (Å²) in [6.07, 6.45) is 11.0. The third kappa shape index (κ3) is 5.60. The van der Waals surface area contributed by atoms with E-state index in [0.717, 1.165) is 43.5 Å². The molecule has 0 aromatic heterocycles. The van der Waals surface area contributed by atoms with Gasteiger partial charge in [-0.05, 0) is 55.9 Å². The number of hydrogen-bond donors (Lipinski definition) is 1. The highest BCUT2D eigenvalue weighted by molar-refractivity contribution is 7.99. The minimum atomic E-state index is -0.198. The van der Waals surface area contributed by atoms with Crippen LogP contribution in [0.2, 0.25) is 0 Å². The summed E-state index contributed by atoms with van der Waals surface area (Å²) in [5, 5.41) is 9.74. The minimum Gasteiger partial charge on any atom is -0.381 e. The predicted molar refractivity (Wildman–Crippen MR) is 103 cm³/mol. The summed E-state index contributed by atoms with van der Waals surface area (Å²) in [6, 6.07) is 0. The highest BCUT2D eigenvalue weighted by atomic mass is 32.2. The molecule has 1 N–H and O–H groups in total. The van der Waals surface area contributed by atoms with Gasteiger partial charge in [0, 0.05) is 31.9 Å². The van der Waals surface area contributed by atoms with Gasteiger partial charge >= 0.3 is 0 Å². The number of fused-ring (bicyclic) bond motifs is 2. The van der Waals surface area contributed by atoms with Crippen LogP contribution in [0.3, 0.4) is 0 Å². The Morgan fingerprint density at radius 1 is 1.12 bits per heavy atom. The standard InChI is InChI=1S/C20H35NO4S/c1-21(23)20(22)8-4-5-11-26-14-17-16(18-9-10-19(17)25-18)13-24-12-15-6-2-3-7-15/h15-19,23H,2-14H2,1H3. The molecule has 4 unspecified atom stereocenters. The molecule has 1 saturated carbocycles. The van der Waals surface area contributed by atoms with Gasteiger partial charge in [0.25, 0.3) is 0 Å². The zero-order chi connectivity index (χ0) is 18.4. The lowest BCUT2D eigenvalue weighted by atomic mass is 9.81. The van der Waals surface area contributed by atoms with E-state index in [1.54, 1.807) is 0 Å². The maximum absolute atomic E-state index is 11.3. The van der Waals surface area contributed by atoms with Gasteiger partial charge in [0.1, 0.15) is 0 Å². The smallest absolute Gasteiger partial charge is 0.245 e. The second kappa shape index (κ2) is 10.3. The summed E-state index contributed by atoms with van der Waals surface area (Å²) in [5.41, 5.74) is 0. The lowest BCUT2D eigenvalue weighted by Gasteiger charge is -2.28. The Morgan fingerprint density at radius 2 is 1.85 bits per heavy atom. The van der Waals surface area contributed by atoms with Gasteiger partial charge in [0.2, 0.25) is 5.91 Å². The van der Waals surface area contributed by atoms with E-state index in [1.807, 2.05) is 11.8 Å². The van der Waals surface area contributed by atoms with Crippen molar-refractivity contribution in [1.82, 2.24) is 5.06 Å². The Morgan fingerprint density at radius 3 is 2.58 bits per heavy atom.